The van der Waals surface area contributed by atoms with E-state index in [0.717, 1.165) is 34.8 Å². The molecule has 1 aliphatic heterocycles. The van der Waals surface area contributed by atoms with Crippen molar-refractivity contribution in [3.8, 4) is 5.75 Å². The smallest absolute Gasteiger partial charge is 0.228 e. The molecule has 1 heterocycles. The topological polar surface area (TPSA) is 58.6 Å². The Bertz CT molecular complexity index is 1070. The Kier molecular flexibility index (Phi) is 5.85. The number of nitrogens with zero attached hydrogens (tertiary/aromatic N) is 1. The highest BCUT2D eigenvalue weighted by Crippen LogP contribution is 2.48. The van der Waals surface area contributed by atoms with Crippen molar-refractivity contribution in [1.82, 2.24) is 0 Å². The molecule has 2 aromatic carbocycles. The zero-order valence-corrected chi connectivity index (χ0v) is 19.6. The third kappa shape index (κ3) is 4.16. The average Bonchev–Trinajstić information content (AvgIpc) is 2.86. The van der Waals surface area contributed by atoms with E-state index in [1.54, 1.807) is 7.11 Å². The van der Waals surface area contributed by atoms with Gasteiger partial charge in [-0.25, -0.2) is 0 Å². The first-order valence-corrected chi connectivity index (χ1v) is 11.3. The van der Waals surface area contributed by atoms with Gasteiger partial charge in [0, 0.05) is 24.1 Å². The first-order chi connectivity index (χ1) is 15.2. The van der Waals surface area contributed by atoms with Crippen LogP contribution in [-0.2, 0) is 9.59 Å². The molecule has 0 bridgehead atoms. The number of benzene rings is 2. The van der Waals surface area contributed by atoms with Crippen LogP contribution in [0.4, 0.5) is 11.4 Å². The Hall–Kier alpha value is -3.08. The number of fused-ring (bicyclic) bond motifs is 1. The zero-order valence-electron chi connectivity index (χ0n) is 19.6. The quantitative estimate of drug-likeness (QED) is 0.655. The number of amides is 1. The van der Waals surface area contributed by atoms with Crippen molar-refractivity contribution in [3.05, 3.63) is 65.4 Å². The number of allylic oxidation sites excluding steroid dienone is 1. The number of hydrogen-bond donors (Lipinski definition) is 1. The van der Waals surface area contributed by atoms with Gasteiger partial charge >= 0.3 is 0 Å². The van der Waals surface area contributed by atoms with Gasteiger partial charge in [-0.3, -0.25) is 14.5 Å². The van der Waals surface area contributed by atoms with E-state index in [4.69, 9.17) is 4.74 Å². The number of nitrogens with one attached hydrogen (secondary N) is 1. The molecule has 32 heavy (non-hydrogen) atoms. The third-order valence-electron chi connectivity index (χ3n) is 6.18. The van der Waals surface area contributed by atoms with Crippen LogP contribution in [0.2, 0.25) is 0 Å². The normalized spacial score (nSPS) is 19.8. The van der Waals surface area contributed by atoms with Crippen molar-refractivity contribution in [2.75, 3.05) is 17.3 Å². The standard InChI is InChI=1S/C27H32N2O3/c1-17(2)14-24(31)29-22-9-7-6-8-20(22)28-21-15-27(3,4)16-23(30)25(21)26(29)18-10-12-19(32-5)13-11-18/h6-13,17,26,28H,14-16H2,1-5H3/t26-/m0/s1. The summed E-state index contributed by atoms with van der Waals surface area (Å²) in [6.45, 7) is 8.33. The molecule has 2 aliphatic rings. The first kappa shape index (κ1) is 22.1. The molecule has 0 fully saturated rings. The fraction of sp³-hybridized carbons (Fsp3) is 0.407. The summed E-state index contributed by atoms with van der Waals surface area (Å²) in [7, 11) is 1.63. The summed E-state index contributed by atoms with van der Waals surface area (Å²) in [5, 5.41) is 3.55. The summed E-state index contributed by atoms with van der Waals surface area (Å²) in [6.07, 6.45) is 1.62. The van der Waals surface area contributed by atoms with Gasteiger partial charge in [-0.2, -0.15) is 0 Å². The number of rotatable bonds is 4. The van der Waals surface area contributed by atoms with Crippen molar-refractivity contribution in [2.45, 2.75) is 53.0 Å². The lowest BCUT2D eigenvalue weighted by Crippen LogP contribution is -2.39. The molecule has 0 saturated heterocycles. The minimum Gasteiger partial charge on any atom is -0.497 e. The van der Waals surface area contributed by atoms with Crippen molar-refractivity contribution in [3.63, 3.8) is 0 Å². The van der Waals surface area contributed by atoms with E-state index in [2.05, 4.69) is 19.2 Å². The van der Waals surface area contributed by atoms with Gasteiger partial charge < -0.3 is 10.1 Å². The van der Waals surface area contributed by atoms with Crippen LogP contribution in [-0.4, -0.2) is 18.8 Å². The lowest BCUT2D eigenvalue weighted by molar-refractivity contribution is -0.120. The maximum absolute atomic E-state index is 13.7. The van der Waals surface area contributed by atoms with Gasteiger partial charge in [-0.1, -0.05) is 52.0 Å². The van der Waals surface area contributed by atoms with Crippen LogP contribution in [0.5, 0.6) is 5.75 Å². The minimum atomic E-state index is -0.484. The van der Waals surface area contributed by atoms with Crippen molar-refractivity contribution in [1.29, 1.82) is 0 Å². The molecule has 5 nitrogen and oxygen atoms in total. The zero-order chi connectivity index (χ0) is 23.0. The second-order valence-electron chi connectivity index (χ2n) is 10.0. The fourth-order valence-corrected chi connectivity index (χ4v) is 4.81. The lowest BCUT2D eigenvalue weighted by atomic mass is 9.73. The van der Waals surface area contributed by atoms with Gasteiger partial charge in [0.05, 0.1) is 24.5 Å². The van der Waals surface area contributed by atoms with Gasteiger partial charge in [0.1, 0.15) is 5.75 Å². The number of ketones is 1. The highest BCUT2D eigenvalue weighted by atomic mass is 16.5. The molecule has 0 radical (unpaired) electrons. The van der Waals surface area contributed by atoms with E-state index >= 15 is 0 Å². The van der Waals surface area contributed by atoms with Crippen LogP contribution in [0.15, 0.2) is 59.8 Å². The Morgan fingerprint density at radius 2 is 1.81 bits per heavy atom. The maximum atomic E-state index is 13.7. The van der Waals surface area contributed by atoms with Gasteiger partial charge in [0.15, 0.2) is 5.78 Å². The molecule has 0 unspecified atom stereocenters. The largest absolute Gasteiger partial charge is 0.497 e. The monoisotopic (exact) mass is 432 g/mol. The molecule has 1 aliphatic carbocycles. The van der Waals surface area contributed by atoms with Crippen molar-refractivity contribution >= 4 is 23.1 Å². The number of carbonyl (C=O) groups is 2. The highest BCUT2D eigenvalue weighted by Gasteiger charge is 2.43. The molecule has 2 aromatic rings. The van der Waals surface area contributed by atoms with Crippen LogP contribution in [0.25, 0.3) is 0 Å². The molecule has 1 atom stereocenters. The van der Waals surface area contributed by atoms with Gasteiger partial charge in [0.2, 0.25) is 5.91 Å². The second-order valence-corrected chi connectivity index (χ2v) is 10.0. The Morgan fingerprint density at radius 3 is 2.47 bits per heavy atom. The van der Waals surface area contributed by atoms with E-state index in [9.17, 15) is 9.59 Å². The molecule has 1 N–H and O–H groups in total. The van der Waals surface area contributed by atoms with Crippen molar-refractivity contribution in [2.24, 2.45) is 11.3 Å². The predicted molar refractivity (Wildman–Crippen MR) is 128 cm³/mol. The van der Waals surface area contributed by atoms with E-state index in [1.165, 1.54) is 0 Å². The van der Waals surface area contributed by atoms with Gasteiger partial charge in [0.25, 0.3) is 0 Å². The summed E-state index contributed by atoms with van der Waals surface area (Å²) in [5.74, 6) is 1.06. The SMILES string of the molecule is COc1ccc([C@H]2C3=C(CC(C)(C)CC3=O)Nc3ccccc3N2C(=O)CC(C)C)cc1. The van der Waals surface area contributed by atoms with Crippen molar-refractivity contribution < 1.29 is 14.3 Å². The summed E-state index contributed by atoms with van der Waals surface area (Å²) in [5.41, 5.74) is 4.04. The summed E-state index contributed by atoms with van der Waals surface area (Å²) in [6, 6.07) is 15.1. The number of hydrogen-bond acceptors (Lipinski definition) is 4. The summed E-state index contributed by atoms with van der Waals surface area (Å²) >= 11 is 0. The number of methoxy groups -OCH3 is 1. The molecule has 5 heteroatoms. The molecule has 0 spiro atoms. The van der Waals surface area contributed by atoms with E-state index in [0.29, 0.717) is 18.4 Å². The molecule has 1 amide bonds. The van der Waals surface area contributed by atoms with E-state index in [1.807, 2.05) is 67.3 Å². The molecule has 0 aromatic heterocycles. The second kappa shape index (κ2) is 8.45. The molecule has 0 saturated carbocycles. The fourth-order valence-electron chi connectivity index (χ4n) is 4.81. The maximum Gasteiger partial charge on any atom is 0.228 e. The van der Waals surface area contributed by atoms with Crippen LogP contribution >= 0.6 is 0 Å². The van der Waals surface area contributed by atoms with E-state index < -0.39 is 6.04 Å². The van der Waals surface area contributed by atoms with Gasteiger partial charge in [-0.05, 0) is 47.6 Å². The summed E-state index contributed by atoms with van der Waals surface area (Å²) in [4.78, 5) is 29.1. The van der Waals surface area contributed by atoms with Gasteiger partial charge in [-0.15, -0.1) is 0 Å². The lowest BCUT2D eigenvalue weighted by Gasteiger charge is -2.37. The molecular weight excluding hydrogens is 400 g/mol. The Balaban J connectivity index is 1.97. The average molecular weight is 433 g/mol. The molecule has 168 valence electrons. The number of para-hydroxylation sites is 2. The number of anilines is 2. The first-order valence-electron chi connectivity index (χ1n) is 11.3. The van der Waals surface area contributed by atoms with E-state index in [-0.39, 0.29) is 23.0 Å². The molecular formula is C27H32N2O3. The van der Waals surface area contributed by atoms with Crippen LogP contribution in [0.1, 0.15) is 58.6 Å². The number of carbonyl (C=O) groups excluding carboxylic acids is 2. The number of Topliss-reactive ketones (excluding diaryl/α,β-unsaturated/α-hetero) is 1. The predicted octanol–water partition coefficient (Wildman–Crippen LogP) is 5.88. The minimum absolute atomic E-state index is 0.0152. The Morgan fingerprint density at radius 1 is 1.12 bits per heavy atom. The number of ether oxygens (including phenoxy) is 1. The summed E-state index contributed by atoms with van der Waals surface area (Å²) < 4.78 is 5.35. The third-order valence-corrected chi connectivity index (χ3v) is 6.18. The Labute approximate surface area is 190 Å². The van der Waals surface area contributed by atoms with Crippen LogP contribution in [0, 0.1) is 11.3 Å². The highest BCUT2D eigenvalue weighted by molar-refractivity contribution is 6.06. The van der Waals surface area contributed by atoms with Crippen LogP contribution in [0.3, 0.4) is 0 Å². The molecule has 4 rings (SSSR count). The van der Waals surface area contributed by atoms with Crippen LogP contribution < -0.4 is 15.0 Å².